The standard InChI is InChI=1S/C18H17NO4S/c1-21-13-6-12(7-14(9-13)22-2)17-18(24-10-19-17)11-4-5-16(23-3)15(20)8-11/h4-10,20H,1-3H3. The predicted molar refractivity (Wildman–Crippen MR) is 94.3 cm³/mol. The molecule has 0 saturated carbocycles. The molecule has 0 unspecified atom stereocenters. The van der Waals surface area contributed by atoms with Crippen molar-refractivity contribution in [2.45, 2.75) is 0 Å². The van der Waals surface area contributed by atoms with E-state index in [1.54, 1.807) is 31.9 Å². The van der Waals surface area contributed by atoms with Crippen LogP contribution in [0.1, 0.15) is 0 Å². The summed E-state index contributed by atoms with van der Waals surface area (Å²) in [5, 5.41) is 10.0. The Labute approximate surface area is 144 Å². The first-order valence-corrected chi connectivity index (χ1v) is 8.08. The molecule has 0 saturated heterocycles. The number of hydrogen-bond donors (Lipinski definition) is 1. The number of phenolic OH excluding ortho intramolecular Hbond substituents is 1. The number of methoxy groups -OCH3 is 3. The van der Waals surface area contributed by atoms with E-state index in [9.17, 15) is 5.11 Å². The molecule has 0 aliphatic carbocycles. The average Bonchev–Trinajstić information content (AvgIpc) is 3.10. The number of aromatic hydroxyl groups is 1. The van der Waals surface area contributed by atoms with Gasteiger partial charge in [0.1, 0.15) is 11.5 Å². The monoisotopic (exact) mass is 343 g/mol. The first-order chi connectivity index (χ1) is 11.7. The Bertz CT molecular complexity index is 838. The lowest BCUT2D eigenvalue weighted by Gasteiger charge is -2.09. The van der Waals surface area contributed by atoms with Crippen LogP contribution in [-0.2, 0) is 0 Å². The third-order valence-electron chi connectivity index (χ3n) is 3.63. The van der Waals surface area contributed by atoms with E-state index in [4.69, 9.17) is 14.2 Å². The quantitative estimate of drug-likeness (QED) is 0.752. The molecule has 0 atom stereocenters. The zero-order chi connectivity index (χ0) is 17.1. The van der Waals surface area contributed by atoms with Crippen LogP contribution in [0.3, 0.4) is 0 Å². The SMILES string of the molecule is COc1cc(OC)cc(-c2ncsc2-c2ccc(OC)c(O)c2)c1. The van der Waals surface area contributed by atoms with Crippen molar-refractivity contribution in [3.05, 3.63) is 41.9 Å². The normalized spacial score (nSPS) is 10.5. The second-order valence-corrected chi connectivity index (χ2v) is 5.87. The summed E-state index contributed by atoms with van der Waals surface area (Å²) in [5.41, 5.74) is 4.34. The van der Waals surface area contributed by atoms with Gasteiger partial charge in [0, 0.05) is 11.6 Å². The molecule has 3 aromatic rings. The van der Waals surface area contributed by atoms with E-state index in [0.29, 0.717) is 17.2 Å². The molecule has 0 spiro atoms. The summed E-state index contributed by atoms with van der Waals surface area (Å²) in [7, 11) is 4.75. The van der Waals surface area contributed by atoms with Crippen molar-refractivity contribution in [1.82, 2.24) is 4.98 Å². The van der Waals surface area contributed by atoms with Gasteiger partial charge in [-0.05, 0) is 35.9 Å². The van der Waals surface area contributed by atoms with E-state index in [-0.39, 0.29) is 5.75 Å². The van der Waals surface area contributed by atoms with Crippen LogP contribution < -0.4 is 14.2 Å². The molecule has 124 valence electrons. The highest BCUT2D eigenvalue weighted by atomic mass is 32.1. The lowest BCUT2D eigenvalue weighted by Crippen LogP contribution is -1.90. The van der Waals surface area contributed by atoms with Crippen molar-refractivity contribution in [3.63, 3.8) is 0 Å². The number of aromatic nitrogens is 1. The Morgan fingerprint density at radius 1 is 0.875 bits per heavy atom. The molecule has 0 aliphatic heterocycles. The summed E-state index contributed by atoms with van der Waals surface area (Å²) in [5.74, 6) is 1.92. The number of rotatable bonds is 5. The van der Waals surface area contributed by atoms with Gasteiger partial charge in [0.25, 0.3) is 0 Å². The fraction of sp³-hybridized carbons (Fsp3) is 0.167. The minimum atomic E-state index is 0.0950. The zero-order valence-corrected chi connectivity index (χ0v) is 14.4. The molecular weight excluding hydrogens is 326 g/mol. The molecule has 0 bridgehead atoms. The van der Waals surface area contributed by atoms with Crippen LogP contribution >= 0.6 is 11.3 Å². The fourth-order valence-corrected chi connectivity index (χ4v) is 3.24. The van der Waals surface area contributed by atoms with Crippen molar-refractivity contribution in [2.24, 2.45) is 0 Å². The molecule has 0 aliphatic rings. The van der Waals surface area contributed by atoms with Gasteiger partial charge >= 0.3 is 0 Å². The van der Waals surface area contributed by atoms with Gasteiger partial charge in [-0.15, -0.1) is 11.3 Å². The first kappa shape index (κ1) is 16.1. The second kappa shape index (κ2) is 6.80. The highest BCUT2D eigenvalue weighted by Gasteiger charge is 2.15. The maximum Gasteiger partial charge on any atom is 0.160 e. The Morgan fingerprint density at radius 3 is 2.17 bits per heavy atom. The van der Waals surface area contributed by atoms with Crippen molar-refractivity contribution < 1.29 is 19.3 Å². The Kier molecular flexibility index (Phi) is 4.57. The summed E-state index contributed by atoms with van der Waals surface area (Å²) >= 11 is 1.50. The molecule has 1 aromatic heterocycles. The molecule has 0 fully saturated rings. The predicted octanol–water partition coefficient (Wildman–Crippen LogP) is 4.21. The lowest BCUT2D eigenvalue weighted by molar-refractivity contribution is 0.373. The van der Waals surface area contributed by atoms with Gasteiger partial charge in [-0.25, -0.2) is 4.98 Å². The first-order valence-electron chi connectivity index (χ1n) is 7.20. The van der Waals surface area contributed by atoms with Crippen LogP contribution in [0.15, 0.2) is 41.9 Å². The number of hydrogen-bond acceptors (Lipinski definition) is 6. The molecule has 3 rings (SSSR count). The molecule has 0 radical (unpaired) electrons. The summed E-state index contributed by atoms with van der Waals surface area (Å²) in [6.07, 6.45) is 0. The molecule has 0 amide bonds. The van der Waals surface area contributed by atoms with Gasteiger partial charge in [-0.2, -0.15) is 0 Å². The number of ether oxygens (including phenoxy) is 3. The van der Waals surface area contributed by atoms with E-state index >= 15 is 0 Å². The van der Waals surface area contributed by atoms with E-state index in [1.165, 1.54) is 18.4 Å². The Morgan fingerprint density at radius 2 is 1.58 bits per heavy atom. The van der Waals surface area contributed by atoms with Crippen LogP contribution in [0.5, 0.6) is 23.0 Å². The van der Waals surface area contributed by atoms with Crippen molar-refractivity contribution >= 4 is 11.3 Å². The van der Waals surface area contributed by atoms with E-state index in [1.807, 2.05) is 24.3 Å². The smallest absolute Gasteiger partial charge is 0.160 e. The van der Waals surface area contributed by atoms with Gasteiger partial charge in [0.2, 0.25) is 0 Å². The molecule has 6 heteroatoms. The van der Waals surface area contributed by atoms with E-state index in [2.05, 4.69) is 4.98 Å². The van der Waals surface area contributed by atoms with Gasteiger partial charge in [0.05, 0.1) is 37.4 Å². The lowest BCUT2D eigenvalue weighted by atomic mass is 10.1. The Hall–Kier alpha value is -2.73. The zero-order valence-electron chi connectivity index (χ0n) is 13.6. The van der Waals surface area contributed by atoms with Crippen LogP contribution in [-0.4, -0.2) is 31.4 Å². The summed E-state index contributed by atoms with van der Waals surface area (Å²) in [4.78, 5) is 5.43. The number of thiazole rings is 1. The summed E-state index contributed by atoms with van der Waals surface area (Å²) in [6.45, 7) is 0. The van der Waals surface area contributed by atoms with E-state index in [0.717, 1.165) is 21.7 Å². The third kappa shape index (κ3) is 3.00. The van der Waals surface area contributed by atoms with Crippen LogP contribution in [0.4, 0.5) is 0 Å². The fourth-order valence-electron chi connectivity index (χ4n) is 2.43. The highest BCUT2D eigenvalue weighted by molar-refractivity contribution is 7.13. The molecule has 5 nitrogen and oxygen atoms in total. The number of benzene rings is 2. The molecule has 2 aromatic carbocycles. The maximum absolute atomic E-state index is 10.0. The summed E-state index contributed by atoms with van der Waals surface area (Å²) < 4.78 is 15.8. The van der Waals surface area contributed by atoms with Gasteiger partial charge < -0.3 is 19.3 Å². The largest absolute Gasteiger partial charge is 0.504 e. The van der Waals surface area contributed by atoms with Crippen LogP contribution in [0.2, 0.25) is 0 Å². The number of phenols is 1. The Balaban J connectivity index is 2.10. The molecule has 24 heavy (non-hydrogen) atoms. The van der Waals surface area contributed by atoms with Crippen molar-refractivity contribution in [2.75, 3.05) is 21.3 Å². The van der Waals surface area contributed by atoms with Crippen LogP contribution in [0.25, 0.3) is 21.7 Å². The minimum absolute atomic E-state index is 0.0950. The van der Waals surface area contributed by atoms with Gasteiger partial charge in [-0.3, -0.25) is 0 Å². The van der Waals surface area contributed by atoms with Crippen molar-refractivity contribution in [3.8, 4) is 44.7 Å². The number of nitrogens with zero attached hydrogens (tertiary/aromatic N) is 1. The maximum atomic E-state index is 10.0. The average molecular weight is 343 g/mol. The van der Waals surface area contributed by atoms with Crippen molar-refractivity contribution in [1.29, 1.82) is 0 Å². The van der Waals surface area contributed by atoms with Gasteiger partial charge in [-0.1, -0.05) is 0 Å². The second-order valence-electron chi connectivity index (χ2n) is 5.02. The van der Waals surface area contributed by atoms with Gasteiger partial charge in [0.15, 0.2) is 11.5 Å². The molecular formula is C18H17NO4S. The minimum Gasteiger partial charge on any atom is -0.504 e. The van der Waals surface area contributed by atoms with E-state index < -0.39 is 0 Å². The highest BCUT2D eigenvalue weighted by Crippen LogP contribution is 2.40. The van der Waals surface area contributed by atoms with Crippen LogP contribution in [0, 0.1) is 0 Å². The third-order valence-corrected chi connectivity index (χ3v) is 4.51. The summed E-state index contributed by atoms with van der Waals surface area (Å²) in [6, 6.07) is 10.9. The molecule has 1 N–H and O–H groups in total. The topological polar surface area (TPSA) is 60.8 Å². The molecule has 1 heterocycles.